The highest BCUT2D eigenvalue weighted by molar-refractivity contribution is 5.86. The van der Waals surface area contributed by atoms with Crippen LogP contribution < -0.4 is 5.73 Å². The fourth-order valence-corrected chi connectivity index (χ4v) is 5.26. The minimum atomic E-state index is -0.499. The molecule has 10 nitrogen and oxygen atoms in total. The molecule has 3 fully saturated rings. The number of nitrogens with zero attached hydrogens (tertiary/aromatic N) is 5. The van der Waals surface area contributed by atoms with Gasteiger partial charge >= 0.3 is 6.09 Å². The van der Waals surface area contributed by atoms with Crippen LogP contribution in [0.5, 0.6) is 0 Å². The van der Waals surface area contributed by atoms with Crippen LogP contribution in [0.3, 0.4) is 0 Å². The lowest BCUT2D eigenvalue weighted by Crippen LogP contribution is -2.60. The lowest BCUT2D eigenvalue weighted by atomic mass is 9.95. The van der Waals surface area contributed by atoms with E-state index in [9.17, 15) is 4.79 Å². The number of nitrogen functional groups attached to an aromatic ring is 1. The molecule has 1 unspecified atom stereocenters. The zero-order chi connectivity index (χ0) is 23.2. The number of rotatable bonds is 3. The van der Waals surface area contributed by atoms with Gasteiger partial charge in [-0.15, -0.1) is 0 Å². The number of hydrogen-bond acceptors (Lipinski definition) is 8. The van der Waals surface area contributed by atoms with Crippen molar-refractivity contribution in [3.05, 3.63) is 18.6 Å². The second kappa shape index (κ2) is 8.41. The number of carbonyl (C=O) groups is 1. The van der Waals surface area contributed by atoms with Crippen molar-refractivity contribution in [1.82, 2.24) is 24.3 Å². The molecule has 2 N–H and O–H groups in total. The largest absolute Gasteiger partial charge is 0.444 e. The summed E-state index contributed by atoms with van der Waals surface area (Å²) < 4.78 is 20.0. The summed E-state index contributed by atoms with van der Waals surface area (Å²) in [7, 11) is 0. The highest BCUT2D eigenvalue weighted by atomic mass is 16.6. The number of likely N-dealkylation sites (tertiary alicyclic amines) is 1. The molecular weight excluding hydrogens is 424 g/mol. The first-order valence-electron chi connectivity index (χ1n) is 11.8. The van der Waals surface area contributed by atoms with Crippen LogP contribution in [0.4, 0.5) is 10.6 Å². The van der Waals surface area contributed by atoms with Crippen LogP contribution in [0.1, 0.15) is 46.3 Å². The molecule has 33 heavy (non-hydrogen) atoms. The summed E-state index contributed by atoms with van der Waals surface area (Å²) in [5.74, 6) is 0.485. The van der Waals surface area contributed by atoms with Crippen molar-refractivity contribution in [2.75, 3.05) is 45.1 Å². The molecule has 3 atom stereocenters. The number of fused-ring (bicyclic) bond motifs is 1. The lowest BCUT2D eigenvalue weighted by molar-refractivity contribution is -0.0906. The van der Waals surface area contributed by atoms with Crippen molar-refractivity contribution in [2.45, 2.75) is 63.5 Å². The van der Waals surface area contributed by atoms with E-state index in [1.54, 1.807) is 0 Å². The predicted octanol–water partition coefficient (Wildman–Crippen LogP) is 2.40. The molecule has 3 aliphatic rings. The van der Waals surface area contributed by atoms with Gasteiger partial charge in [-0.3, -0.25) is 4.90 Å². The van der Waals surface area contributed by atoms with Gasteiger partial charge in [-0.05, 0) is 46.1 Å². The normalized spacial score (nSPS) is 28.8. The summed E-state index contributed by atoms with van der Waals surface area (Å²) in [6.07, 6.45) is 6.03. The average molecular weight is 459 g/mol. The van der Waals surface area contributed by atoms with Gasteiger partial charge in [0.1, 0.15) is 29.6 Å². The van der Waals surface area contributed by atoms with Gasteiger partial charge < -0.3 is 29.4 Å². The standard InChI is InChI=1S/C23H34N6O4/c1-22(2,3)33-21(30)27-9-7-23(13-27)14-31-11-10-28(23)12-16-4-5-18(32-16)29-8-6-17-19(24)25-15-26-20(17)29/h6,8,15-16,18H,4-5,7,9-14H2,1-3H3,(H2,24,25,26)/t16-,18+,23?/m0/s1. The molecule has 180 valence electrons. The Morgan fingerprint density at radius 1 is 1.30 bits per heavy atom. The van der Waals surface area contributed by atoms with Crippen molar-refractivity contribution in [2.24, 2.45) is 0 Å². The Morgan fingerprint density at radius 2 is 2.15 bits per heavy atom. The Balaban J connectivity index is 1.25. The van der Waals surface area contributed by atoms with Gasteiger partial charge in [-0.2, -0.15) is 0 Å². The first-order valence-corrected chi connectivity index (χ1v) is 11.8. The van der Waals surface area contributed by atoms with E-state index in [-0.39, 0.29) is 24.0 Å². The van der Waals surface area contributed by atoms with Gasteiger partial charge in [0.2, 0.25) is 0 Å². The molecule has 5 rings (SSSR count). The van der Waals surface area contributed by atoms with E-state index in [0.717, 1.165) is 43.4 Å². The third kappa shape index (κ3) is 4.39. The summed E-state index contributed by atoms with van der Waals surface area (Å²) in [6.45, 7) is 9.97. The van der Waals surface area contributed by atoms with Crippen LogP contribution in [0, 0.1) is 0 Å². The molecule has 5 heterocycles. The fourth-order valence-electron chi connectivity index (χ4n) is 5.26. The third-order valence-corrected chi connectivity index (χ3v) is 6.89. The zero-order valence-corrected chi connectivity index (χ0v) is 19.7. The quantitative estimate of drug-likeness (QED) is 0.747. The van der Waals surface area contributed by atoms with Crippen LogP contribution >= 0.6 is 0 Å². The molecule has 0 aromatic carbocycles. The Bertz CT molecular complexity index is 1020. The smallest absolute Gasteiger partial charge is 0.410 e. The number of morpholine rings is 1. The lowest BCUT2D eigenvalue weighted by Gasteiger charge is -2.45. The van der Waals surface area contributed by atoms with Crippen LogP contribution in [-0.2, 0) is 14.2 Å². The zero-order valence-electron chi connectivity index (χ0n) is 19.7. The summed E-state index contributed by atoms with van der Waals surface area (Å²) in [4.78, 5) is 25.4. The molecule has 3 saturated heterocycles. The second-order valence-electron chi connectivity index (χ2n) is 10.4. The molecule has 2 aromatic rings. The van der Waals surface area contributed by atoms with Gasteiger partial charge in [-0.1, -0.05) is 0 Å². The molecule has 2 aromatic heterocycles. The summed E-state index contributed by atoms with van der Waals surface area (Å²) >= 11 is 0. The second-order valence-corrected chi connectivity index (χ2v) is 10.4. The minimum Gasteiger partial charge on any atom is -0.444 e. The highest BCUT2D eigenvalue weighted by Crippen LogP contribution is 2.36. The van der Waals surface area contributed by atoms with E-state index in [1.807, 2.05) is 37.9 Å². The monoisotopic (exact) mass is 458 g/mol. The average Bonchev–Trinajstić information content (AvgIpc) is 3.48. The first-order chi connectivity index (χ1) is 15.7. The predicted molar refractivity (Wildman–Crippen MR) is 123 cm³/mol. The fraction of sp³-hybridized carbons (Fsp3) is 0.696. The van der Waals surface area contributed by atoms with Crippen molar-refractivity contribution < 1.29 is 19.0 Å². The molecule has 0 bridgehead atoms. The molecule has 0 aliphatic carbocycles. The summed E-state index contributed by atoms with van der Waals surface area (Å²) in [6, 6.07) is 1.95. The summed E-state index contributed by atoms with van der Waals surface area (Å²) in [5.41, 5.74) is 6.11. The topological polar surface area (TPSA) is 108 Å². The molecular formula is C23H34N6O4. The maximum Gasteiger partial charge on any atom is 0.410 e. The van der Waals surface area contributed by atoms with Crippen LogP contribution in [0.2, 0.25) is 0 Å². The van der Waals surface area contributed by atoms with Crippen molar-refractivity contribution in [3.8, 4) is 0 Å². The van der Waals surface area contributed by atoms with E-state index in [0.29, 0.717) is 32.1 Å². The molecule has 1 amide bonds. The van der Waals surface area contributed by atoms with Crippen LogP contribution in [-0.4, -0.2) is 87.1 Å². The number of hydrogen-bond donors (Lipinski definition) is 1. The van der Waals surface area contributed by atoms with E-state index >= 15 is 0 Å². The SMILES string of the molecule is CC(C)(C)OC(=O)N1CCC2(COCCN2C[C@@H]2CC[C@H](n3ccc4c(N)ncnc43)O2)C1. The maximum absolute atomic E-state index is 12.6. The van der Waals surface area contributed by atoms with Crippen molar-refractivity contribution in [3.63, 3.8) is 0 Å². The van der Waals surface area contributed by atoms with E-state index in [2.05, 4.69) is 19.4 Å². The van der Waals surface area contributed by atoms with Gasteiger partial charge in [-0.25, -0.2) is 14.8 Å². The van der Waals surface area contributed by atoms with E-state index in [1.165, 1.54) is 6.33 Å². The highest BCUT2D eigenvalue weighted by Gasteiger charge is 2.48. The molecule has 0 saturated carbocycles. The number of ether oxygens (including phenoxy) is 3. The third-order valence-electron chi connectivity index (χ3n) is 6.89. The number of amides is 1. The van der Waals surface area contributed by atoms with Gasteiger partial charge in [0.05, 0.1) is 30.2 Å². The van der Waals surface area contributed by atoms with Gasteiger partial charge in [0, 0.05) is 32.4 Å². The minimum absolute atomic E-state index is 0.0689. The Labute approximate surface area is 194 Å². The van der Waals surface area contributed by atoms with Crippen LogP contribution in [0.15, 0.2) is 18.6 Å². The van der Waals surface area contributed by atoms with E-state index < -0.39 is 5.60 Å². The first kappa shape index (κ1) is 22.4. The molecule has 1 spiro atoms. The van der Waals surface area contributed by atoms with Gasteiger partial charge in [0.15, 0.2) is 0 Å². The Kier molecular flexibility index (Phi) is 5.70. The van der Waals surface area contributed by atoms with Crippen molar-refractivity contribution in [1.29, 1.82) is 0 Å². The van der Waals surface area contributed by atoms with E-state index in [4.69, 9.17) is 19.9 Å². The molecule has 3 aliphatic heterocycles. The van der Waals surface area contributed by atoms with Crippen LogP contribution in [0.25, 0.3) is 11.0 Å². The Hall–Kier alpha value is -2.43. The maximum atomic E-state index is 12.6. The van der Waals surface area contributed by atoms with Gasteiger partial charge in [0.25, 0.3) is 0 Å². The number of anilines is 1. The Morgan fingerprint density at radius 3 is 2.97 bits per heavy atom. The molecule has 10 heteroatoms. The van der Waals surface area contributed by atoms with Crippen molar-refractivity contribution >= 4 is 22.9 Å². The number of carbonyl (C=O) groups excluding carboxylic acids is 1. The number of aromatic nitrogens is 3. The molecule has 0 radical (unpaired) electrons. The summed E-state index contributed by atoms with van der Waals surface area (Å²) in [5, 5.41) is 0.852. The number of nitrogens with two attached hydrogens (primary N) is 1.